The minimum atomic E-state index is 0.311. The van der Waals surface area contributed by atoms with Crippen molar-refractivity contribution in [3.8, 4) is 16.9 Å². The molecule has 0 amide bonds. The first kappa shape index (κ1) is 15.6. The van der Waals surface area contributed by atoms with Gasteiger partial charge < -0.3 is 5.11 Å². The van der Waals surface area contributed by atoms with E-state index in [2.05, 4.69) is 45.9 Å². The second kappa shape index (κ2) is 5.73. The largest absolute Gasteiger partial charge is 0.507 e. The number of rotatable bonds is 2. The number of hydrogen-bond acceptors (Lipinski definition) is 1. The molecule has 3 rings (SSSR count). The predicted octanol–water partition coefficient (Wildman–Crippen LogP) is 6.14. The van der Waals surface area contributed by atoms with E-state index in [-0.39, 0.29) is 0 Å². The summed E-state index contributed by atoms with van der Waals surface area (Å²) in [6.07, 6.45) is 0. The number of hydrogen-bond donors (Lipinski definition) is 1. The third kappa shape index (κ3) is 2.41. The minimum absolute atomic E-state index is 0.311. The van der Waals surface area contributed by atoms with Crippen molar-refractivity contribution in [3.63, 3.8) is 0 Å². The summed E-state index contributed by atoms with van der Waals surface area (Å²) >= 11 is 0. The zero-order valence-electron chi connectivity index (χ0n) is 14.6. The standard InChI is InChI=1S/C22H24O/c1-13-9-8-12-20(22(13)23)18-10-6-7-11-19(18)21-16(4)14(2)15(3)17(21)5/h6-12,21,23H,1-5H3. The van der Waals surface area contributed by atoms with Gasteiger partial charge in [-0.1, -0.05) is 53.6 Å². The highest BCUT2D eigenvalue weighted by atomic mass is 16.3. The summed E-state index contributed by atoms with van der Waals surface area (Å²) in [5.74, 6) is 0.695. The average molecular weight is 304 g/mol. The van der Waals surface area contributed by atoms with Crippen LogP contribution in [0.5, 0.6) is 5.75 Å². The molecule has 118 valence electrons. The minimum Gasteiger partial charge on any atom is -0.507 e. The Kier molecular flexibility index (Phi) is 3.89. The van der Waals surface area contributed by atoms with E-state index in [0.717, 1.165) is 16.7 Å². The van der Waals surface area contributed by atoms with Gasteiger partial charge in [-0.3, -0.25) is 0 Å². The molecule has 1 aliphatic rings. The molecular formula is C22H24O. The zero-order valence-corrected chi connectivity index (χ0v) is 14.6. The van der Waals surface area contributed by atoms with Crippen molar-refractivity contribution in [2.24, 2.45) is 0 Å². The molecule has 0 bridgehead atoms. The molecule has 0 aromatic heterocycles. The molecule has 0 saturated heterocycles. The second-order valence-electron chi connectivity index (χ2n) is 6.61. The molecule has 0 atom stereocenters. The maximum absolute atomic E-state index is 10.5. The van der Waals surface area contributed by atoms with E-state index in [0.29, 0.717) is 11.7 Å². The Hall–Kier alpha value is -2.28. The maximum Gasteiger partial charge on any atom is 0.126 e. The SMILES string of the molecule is CC1=C(C)C(c2ccccc2-c2cccc(C)c2O)C(C)=C1C. The summed E-state index contributed by atoms with van der Waals surface area (Å²) in [7, 11) is 0. The number of phenols is 1. The molecule has 2 aromatic carbocycles. The van der Waals surface area contributed by atoms with E-state index in [9.17, 15) is 5.11 Å². The molecule has 2 aromatic rings. The van der Waals surface area contributed by atoms with E-state index in [4.69, 9.17) is 0 Å². The van der Waals surface area contributed by atoms with Crippen LogP contribution in [0.15, 0.2) is 64.8 Å². The third-order valence-electron chi connectivity index (χ3n) is 5.41. The predicted molar refractivity (Wildman–Crippen MR) is 97.8 cm³/mol. The average Bonchev–Trinajstić information content (AvgIpc) is 2.74. The number of phenolic OH excluding ortho intramolecular Hbond substituents is 1. The van der Waals surface area contributed by atoms with E-state index >= 15 is 0 Å². The molecule has 0 heterocycles. The first-order chi connectivity index (χ1) is 10.9. The first-order valence-corrected chi connectivity index (χ1v) is 8.16. The number of allylic oxidation sites excluding steroid dienone is 4. The van der Waals surface area contributed by atoms with Crippen molar-refractivity contribution < 1.29 is 5.11 Å². The normalized spacial score (nSPS) is 15.7. The van der Waals surface area contributed by atoms with Crippen LogP contribution >= 0.6 is 0 Å². The van der Waals surface area contributed by atoms with Gasteiger partial charge in [0.25, 0.3) is 0 Å². The monoisotopic (exact) mass is 304 g/mol. The highest BCUT2D eigenvalue weighted by Crippen LogP contribution is 2.47. The Morgan fingerprint density at radius 3 is 1.91 bits per heavy atom. The van der Waals surface area contributed by atoms with Gasteiger partial charge in [0.1, 0.15) is 5.75 Å². The number of aromatic hydroxyl groups is 1. The Bertz CT molecular complexity index is 813. The summed E-state index contributed by atoms with van der Waals surface area (Å²) in [6, 6.07) is 14.4. The van der Waals surface area contributed by atoms with Crippen LogP contribution in [0.4, 0.5) is 0 Å². The molecule has 0 unspecified atom stereocenters. The van der Waals surface area contributed by atoms with Gasteiger partial charge in [0.2, 0.25) is 0 Å². The Balaban J connectivity index is 2.23. The topological polar surface area (TPSA) is 20.2 Å². The molecular weight excluding hydrogens is 280 g/mol. The van der Waals surface area contributed by atoms with Gasteiger partial charge in [-0.25, -0.2) is 0 Å². The summed E-state index contributed by atoms with van der Waals surface area (Å²) in [5, 5.41) is 10.5. The fourth-order valence-corrected chi connectivity index (χ4v) is 3.69. The van der Waals surface area contributed by atoms with E-state index in [1.165, 1.54) is 27.9 Å². The number of aryl methyl sites for hydroxylation is 1. The van der Waals surface area contributed by atoms with E-state index in [1.54, 1.807) is 0 Å². The van der Waals surface area contributed by atoms with Crippen molar-refractivity contribution in [1.82, 2.24) is 0 Å². The van der Waals surface area contributed by atoms with Crippen molar-refractivity contribution in [1.29, 1.82) is 0 Å². The number of para-hydroxylation sites is 1. The zero-order chi connectivity index (χ0) is 16.7. The first-order valence-electron chi connectivity index (χ1n) is 8.16. The van der Waals surface area contributed by atoms with Gasteiger partial charge in [0.15, 0.2) is 0 Å². The molecule has 0 radical (unpaired) electrons. The van der Waals surface area contributed by atoms with Gasteiger partial charge in [-0.2, -0.15) is 0 Å². The maximum atomic E-state index is 10.5. The molecule has 0 fully saturated rings. The van der Waals surface area contributed by atoms with Gasteiger partial charge in [0.05, 0.1) is 0 Å². The highest BCUT2D eigenvalue weighted by molar-refractivity contribution is 5.76. The van der Waals surface area contributed by atoms with E-state index < -0.39 is 0 Å². The van der Waals surface area contributed by atoms with Crippen LogP contribution in [0.1, 0.15) is 44.7 Å². The fourth-order valence-electron chi connectivity index (χ4n) is 3.69. The van der Waals surface area contributed by atoms with Crippen molar-refractivity contribution in [2.45, 2.75) is 40.5 Å². The Morgan fingerprint density at radius 1 is 0.696 bits per heavy atom. The van der Waals surface area contributed by atoms with E-state index in [1.807, 2.05) is 31.2 Å². The molecule has 0 aliphatic heterocycles. The lowest BCUT2D eigenvalue weighted by atomic mass is 9.83. The molecule has 1 aliphatic carbocycles. The van der Waals surface area contributed by atoms with Crippen molar-refractivity contribution >= 4 is 0 Å². The summed E-state index contributed by atoms with van der Waals surface area (Å²) in [4.78, 5) is 0. The van der Waals surface area contributed by atoms with Crippen molar-refractivity contribution in [3.05, 3.63) is 75.9 Å². The van der Waals surface area contributed by atoms with Crippen LogP contribution in [-0.2, 0) is 0 Å². The second-order valence-corrected chi connectivity index (χ2v) is 6.61. The highest BCUT2D eigenvalue weighted by Gasteiger charge is 2.28. The Morgan fingerprint density at radius 2 is 1.26 bits per heavy atom. The van der Waals surface area contributed by atoms with Gasteiger partial charge in [0, 0.05) is 11.5 Å². The summed E-state index contributed by atoms with van der Waals surface area (Å²) < 4.78 is 0. The van der Waals surface area contributed by atoms with Gasteiger partial charge >= 0.3 is 0 Å². The van der Waals surface area contributed by atoms with Crippen LogP contribution in [-0.4, -0.2) is 5.11 Å². The lowest BCUT2D eigenvalue weighted by Crippen LogP contribution is -2.02. The fraction of sp³-hybridized carbons (Fsp3) is 0.273. The quantitative estimate of drug-likeness (QED) is 0.706. The third-order valence-corrected chi connectivity index (χ3v) is 5.41. The molecule has 1 heteroatoms. The molecule has 0 spiro atoms. The summed E-state index contributed by atoms with van der Waals surface area (Å²) in [5.41, 5.74) is 9.87. The van der Waals surface area contributed by atoms with Crippen molar-refractivity contribution in [2.75, 3.05) is 0 Å². The van der Waals surface area contributed by atoms with Gasteiger partial charge in [-0.05, 0) is 62.5 Å². The van der Waals surface area contributed by atoms with Crippen LogP contribution in [0.2, 0.25) is 0 Å². The number of benzene rings is 2. The lowest BCUT2D eigenvalue weighted by molar-refractivity contribution is 0.473. The van der Waals surface area contributed by atoms with Crippen LogP contribution in [0.3, 0.4) is 0 Å². The molecule has 23 heavy (non-hydrogen) atoms. The van der Waals surface area contributed by atoms with Crippen LogP contribution in [0.25, 0.3) is 11.1 Å². The van der Waals surface area contributed by atoms with Crippen LogP contribution < -0.4 is 0 Å². The molecule has 1 nitrogen and oxygen atoms in total. The smallest absolute Gasteiger partial charge is 0.126 e. The molecule has 1 N–H and O–H groups in total. The van der Waals surface area contributed by atoms with Crippen LogP contribution in [0, 0.1) is 6.92 Å². The molecule has 0 saturated carbocycles. The summed E-state index contributed by atoms with van der Waals surface area (Å²) in [6.45, 7) is 10.8. The van der Waals surface area contributed by atoms with Gasteiger partial charge in [-0.15, -0.1) is 0 Å². The lowest BCUT2D eigenvalue weighted by Gasteiger charge is -2.20. The Labute approximate surface area is 139 Å².